The van der Waals surface area contributed by atoms with Crippen molar-refractivity contribution < 1.29 is 21.6 Å². The molecular formula is C18H19ClN2O5S2. The molecule has 0 radical (unpaired) electrons. The first-order valence-corrected chi connectivity index (χ1v) is 12.3. The van der Waals surface area contributed by atoms with Crippen molar-refractivity contribution in [1.82, 2.24) is 4.90 Å². The van der Waals surface area contributed by atoms with E-state index in [1.807, 2.05) is 0 Å². The molecule has 2 aromatic rings. The molecule has 1 fully saturated rings. The lowest BCUT2D eigenvalue weighted by atomic mass is 10.1. The van der Waals surface area contributed by atoms with E-state index in [-0.39, 0.29) is 27.1 Å². The summed E-state index contributed by atoms with van der Waals surface area (Å²) in [6.07, 6.45) is 2.72. The van der Waals surface area contributed by atoms with E-state index in [4.69, 9.17) is 11.6 Å². The van der Waals surface area contributed by atoms with Crippen LogP contribution in [-0.2, 0) is 19.9 Å². The summed E-state index contributed by atoms with van der Waals surface area (Å²) in [7, 11) is -8.06. The van der Waals surface area contributed by atoms with E-state index in [9.17, 15) is 21.6 Å². The summed E-state index contributed by atoms with van der Waals surface area (Å²) in [6, 6.07) is 9.60. The second kappa shape index (κ2) is 7.73. The molecule has 0 spiro atoms. The number of anilines is 1. The molecule has 150 valence electrons. The summed E-state index contributed by atoms with van der Waals surface area (Å²) >= 11 is 6.00. The van der Waals surface area contributed by atoms with Gasteiger partial charge in [0.2, 0.25) is 0 Å². The Bertz CT molecular complexity index is 1120. The summed E-state index contributed by atoms with van der Waals surface area (Å²) in [5.41, 5.74) is 0.166. The van der Waals surface area contributed by atoms with Gasteiger partial charge in [0, 0.05) is 24.4 Å². The number of hydrogen-bond donors (Lipinski definition) is 1. The number of halogens is 1. The molecule has 2 aromatic carbocycles. The number of amides is 1. The smallest absolute Gasteiger partial charge is 0.263 e. The minimum atomic E-state index is -4.28. The van der Waals surface area contributed by atoms with Crippen molar-refractivity contribution in [3.8, 4) is 0 Å². The lowest BCUT2D eigenvalue weighted by Gasteiger charge is -2.19. The highest BCUT2D eigenvalue weighted by Crippen LogP contribution is 2.28. The fourth-order valence-corrected chi connectivity index (χ4v) is 5.93. The van der Waals surface area contributed by atoms with Crippen LogP contribution < -0.4 is 4.72 Å². The molecule has 3 rings (SSSR count). The largest absolute Gasteiger partial charge is 0.339 e. The number of carbonyl (C=O) groups excluding carboxylic acids is 1. The molecule has 0 bridgehead atoms. The molecule has 0 atom stereocenters. The summed E-state index contributed by atoms with van der Waals surface area (Å²) in [5, 5.41) is 0.243. The molecule has 1 N–H and O–H groups in total. The zero-order chi connectivity index (χ0) is 20.5. The van der Waals surface area contributed by atoms with Gasteiger partial charge in [0.1, 0.15) is 4.90 Å². The van der Waals surface area contributed by atoms with Crippen molar-refractivity contribution in [3.63, 3.8) is 0 Å². The van der Waals surface area contributed by atoms with Crippen LogP contribution in [0.5, 0.6) is 0 Å². The molecule has 28 heavy (non-hydrogen) atoms. The highest BCUT2D eigenvalue weighted by atomic mass is 35.5. The first-order valence-electron chi connectivity index (χ1n) is 8.50. The average Bonchev–Trinajstić information content (AvgIpc) is 3.15. The number of sulfone groups is 1. The van der Waals surface area contributed by atoms with Gasteiger partial charge in [0.25, 0.3) is 15.9 Å². The highest BCUT2D eigenvalue weighted by molar-refractivity contribution is 7.95. The number of sulfonamides is 1. The Balaban J connectivity index is 2.04. The van der Waals surface area contributed by atoms with E-state index >= 15 is 0 Å². The predicted octanol–water partition coefficient (Wildman–Crippen LogP) is 2.78. The summed E-state index contributed by atoms with van der Waals surface area (Å²) in [6.45, 7) is 1.20. The summed E-state index contributed by atoms with van der Waals surface area (Å²) in [4.78, 5) is 13.7. The Hall–Kier alpha value is -2.10. The number of hydrogen-bond acceptors (Lipinski definition) is 5. The van der Waals surface area contributed by atoms with E-state index in [0.29, 0.717) is 13.1 Å². The van der Waals surface area contributed by atoms with Crippen LogP contribution >= 0.6 is 11.6 Å². The minimum absolute atomic E-state index is 0.00713. The zero-order valence-corrected chi connectivity index (χ0v) is 17.4. The molecule has 0 saturated carbocycles. The number of nitrogens with zero attached hydrogens (tertiary/aromatic N) is 1. The molecule has 7 nitrogen and oxygen atoms in total. The van der Waals surface area contributed by atoms with Crippen molar-refractivity contribution in [3.05, 3.63) is 53.1 Å². The normalized spacial score (nSPS) is 14.9. The van der Waals surface area contributed by atoms with Gasteiger partial charge in [-0.25, -0.2) is 16.8 Å². The fraction of sp³-hybridized carbons (Fsp3) is 0.278. The van der Waals surface area contributed by atoms with Crippen LogP contribution in [-0.4, -0.2) is 47.0 Å². The molecule has 1 heterocycles. The first kappa shape index (κ1) is 20.6. The molecule has 1 aliphatic rings. The number of carbonyl (C=O) groups is 1. The van der Waals surface area contributed by atoms with Crippen LogP contribution in [0.25, 0.3) is 0 Å². The Labute approximate surface area is 169 Å². The maximum atomic E-state index is 12.9. The number of rotatable bonds is 5. The Morgan fingerprint density at radius 1 is 1.00 bits per heavy atom. The average molecular weight is 443 g/mol. The third-order valence-corrected chi connectivity index (χ3v) is 7.33. The van der Waals surface area contributed by atoms with Gasteiger partial charge in [-0.1, -0.05) is 23.7 Å². The highest BCUT2D eigenvalue weighted by Gasteiger charge is 2.27. The van der Waals surface area contributed by atoms with Crippen LogP contribution in [0.1, 0.15) is 23.2 Å². The third-order valence-electron chi connectivity index (χ3n) is 4.39. The number of benzene rings is 2. The van der Waals surface area contributed by atoms with Crippen LogP contribution in [0.4, 0.5) is 5.69 Å². The molecule has 1 saturated heterocycles. The third kappa shape index (κ3) is 4.31. The standard InChI is InChI=1S/C18H19ClN2O5S2/c1-27(23,24)16-6-2-3-7-17(16)28(25,26)20-15-12-13(19)8-9-14(15)18(22)21-10-4-5-11-21/h2-3,6-9,12,20H,4-5,10-11H2,1H3. The van der Waals surface area contributed by atoms with E-state index in [1.54, 1.807) is 4.90 Å². The lowest BCUT2D eigenvalue weighted by Crippen LogP contribution is -2.29. The predicted molar refractivity (Wildman–Crippen MR) is 107 cm³/mol. The van der Waals surface area contributed by atoms with E-state index in [1.165, 1.54) is 42.5 Å². The summed E-state index contributed by atoms with van der Waals surface area (Å²) < 4.78 is 52.2. The maximum absolute atomic E-state index is 12.9. The molecule has 1 amide bonds. The van der Waals surface area contributed by atoms with Gasteiger partial charge in [-0.05, 0) is 43.2 Å². The second-order valence-corrected chi connectivity index (χ2v) is 10.6. The lowest BCUT2D eigenvalue weighted by molar-refractivity contribution is 0.0794. The Morgan fingerprint density at radius 2 is 1.61 bits per heavy atom. The minimum Gasteiger partial charge on any atom is -0.339 e. The molecule has 10 heteroatoms. The SMILES string of the molecule is CS(=O)(=O)c1ccccc1S(=O)(=O)Nc1cc(Cl)ccc1C(=O)N1CCCC1. The zero-order valence-electron chi connectivity index (χ0n) is 15.1. The maximum Gasteiger partial charge on any atom is 0.263 e. The fourth-order valence-electron chi connectivity index (χ4n) is 3.06. The van der Waals surface area contributed by atoms with Crippen molar-refractivity contribution in [1.29, 1.82) is 0 Å². The van der Waals surface area contributed by atoms with Gasteiger partial charge in [-0.3, -0.25) is 9.52 Å². The van der Waals surface area contributed by atoms with Crippen molar-refractivity contribution in [2.75, 3.05) is 24.1 Å². The Kier molecular flexibility index (Phi) is 5.69. The van der Waals surface area contributed by atoms with Gasteiger partial charge in [0.15, 0.2) is 9.84 Å². The summed E-state index contributed by atoms with van der Waals surface area (Å²) in [5.74, 6) is -0.303. The molecule has 1 aliphatic heterocycles. The van der Waals surface area contributed by atoms with Crippen molar-refractivity contribution in [2.24, 2.45) is 0 Å². The molecule has 0 unspecified atom stereocenters. The van der Waals surface area contributed by atoms with Gasteiger partial charge in [-0.15, -0.1) is 0 Å². The number of nitrogens with one attached hydrogen (secondary N) is 1. The van der Waals surface area contributed by atoms with Crippen molar-refractivity contribution >= 4 is 43.1 Å². The van der Waals surface area contributed by atoms with Gasteiger partial charge in [0.05, 0.1) is 16.1 Å². The van der Waals surface area contributed by atoms with Gasteiger partial charge < -0.3 is 4.90 Å². The molecular weight excluding hydrogens is 424 g/mol. The van der Waals surface area contributed by atoms with Gasteiger partial charge >= 0.3 is 0 Å². The quantitative estimate of drug-likeness (QED) is 0.767. The monoisotopic (exact) mass is 442 g/mol. The van der Waals surface area contributed by atoms with Gasteiger partial charge in [-0.2, -0.15) is 0 Å². The first-order chi connectivity index (χ1) is 13.1. The molecule has 0 aliphatic carbocycles. The second-order valence-electron chi connectivity index (χ2n) is 6.51. The van der Waals surface area contributed by atoms with Crippen LogP contribution in [0.2, 0.25) is 5.02 Å². The van der Waals surface area contributed by atoms with E-state index < -0.39 is 24.8 Å². The number of likely N-dealkylation sites (tertiary alicyclic amines) is 1. The molecule has 0 aromatic heterocycles. The topological polar surface area (TPSA) is 101 Å². The van der Waals surface area contributed by atoms with Crippen LogP contribution in [0.15, 0.2) is 52.3 Å². The van der Waals surface area contributed by atoms with Crippen LogP contribution in [0.3, 0.4) is 0 Å². The van der Waals surface area contributed by atoms with Crippen LogP contribution in [0, 0.1) is 0 Å². The van der Waals surface area contributed by atoms with Crippen molar-refractivity contribution in [2.45, 2.75) is 22.6 Å². The van der Waals surface area contributed by atoms with E-state index in [0.717, 1.165) is 19.1 Å². The Morgan fingerprint density at radius 3 is 2.21 bits per heavy atom. The van der Waals surface area contributed by atoms with E-state index in [2.05, 4.69) is 4.72 Å².